The van der Waals surface area contributed by atoms with Crippen molar-refractivity contribution in [1.82, 2.24) is 15.0 Å². The molecule has 0 fully saturated rings. The molecule has 6 heteroatoms. The fourth-order valence-electron chi connectivity index (χ4n) is 1.84. The van der Waals surface area contributed by atoms with E-state index in [1.54, 1.807) is 12.5 Å². The molecular weight excluding hydrogens is 266 g/mol. The molecule has 0 aliphatic heterocycles. The molecule has 3 heterocycles. The highest BCUT2D eigenvalue weighted by molar-refractivity contribution is 5.46. The van der Waals surface area contributed by atoms with Crippen molar-refractivity contribution in [2.45, 2.75) is 13.1 Å². The Hall–Kier alpha value is -2.89. The summed E-state index contributed by atoms with van der Waals surface area (Å²) in [6.45, 7) is 1.26. The van der Waals surface area contributed by atoms with Crippen molar-refractivity contribution >= 4 is 11.6 Å². The maximum Gasteiger partial charge on any atom is 0.131 e. The number of rotatable bonds is 6. The van der Waals surface area contributed by atoms with Gasteiger partial charge in [-0.05, 0) is 23.8 Å². The largest absolute Gasteiger partial charge is 0.467 e. The van der Waals surface area contributed by atoms with Gasteiger partial charge in [0, 0.05) is 25.0 Å². The number of nitrogens with zero attached hydrogens (tertiary/aromatic N) is 3. The highest BCUT2D eigenvalue weighted by atomic mass is 16.3. The van der Waals surface area contributed by atoms with E-state index >= 15 is 0 Å². The summed E-state index contributed by atoms with van der Waals surface area (Å²) in [5.41, 5.74) is 1.10. The van der Waals surface area contributed by atoms with Crippen LogP contribution in [0.1, 0.15) is 11.3 Å². The quantitative estimate of drug-likeness (QED) is 0.723. The van der Waals surface area contributed by atoms with Crippen molar-refractivity contribution < 1.29 is 4.42 Å². The van der Waals surface area contributed by atoms with Gasteiger partial charge in [-0.3, -0.25) is 4.98 Å². The minimum Gasteiger partial charge on any atom is -0.467 e. The van der Waals surface area contributed by atoms with Gasteiger partial charge in [-0.1, -0.05) is 6.07 Å². The van der Waals surface area contributed by atoms with E-state index in [0.717, 1.165) is 23.0 Å². The van der Waals surface area contributed by atoms with Gasteiger partial charge in [0.05, 0.1) is 12.8 Å². The minimum atomic E-state index is 0.589. The third kappa shape index (κ3) is 3.79. The molecule has 3 aromatic rings. The first-order chi connectivity index (χ1) is 10.4. The number of pyridine rings is 1. The molecule has 0 aliphatic carbocycles. The lowest BCUT2D eigenvalue weighted by atomic mass is 10.3. The van der Waals surface area contributed by atoms with E-state index in [9.17, 15) is 0 Å². The summed E-state index contributed by atoms with van der Waals surface area (Å²) in [5, 5.41) is 6.43. The van der Waals surface area contributed by atoms with E-state index in [1.807, 2.05) is 36.5 Å². The molecule has 21 heavy (non-hydrogen) atoms. The highest BCUT2D eigenvalue weighted by Crippen LogP contribution is 2.11. The molecule has 106 valence electrons. The monoisotopic (exact) mass is 281 g/mol. The zero-order valence-corrected chi connectivity index (χ0v) is 11.4. The van der Waals surface area contributed by atoms with E-state index in [0.29, 0.717) is 13.1 Å². The first-order valence-corrected chi connectivity index (χ1v) is 6.61. The van der Waals surface area contributed by atoms with E-state index in [1.165, 1.54) is 6.33 Å². The normalized spacial score (nSPS) is 10.3. The van der Waals surface area contributed by atoms with Gasteiger partial charge in [-0.2, -0.15) is 0 Å². The van der Waals surface area contributed by atoms with Crippen LogP contribution >= 0.6 is 0 Å². The predicted octanol–water partition coefficient (Wildman–Crippen LogP) is 2.69. The van der Waals surface area contributed by atoms with Gasteiger partial charge in [-0.15, -0.1) is 0 Å². The second kappa shape index (κ2) is 6.51. The van der Waals surface area contributed by atoms with Crippen LogP contribution in [0.4, 0.5) is 11.6 Å². The number of aromatic nitrogens is 3. The predicted molar refractivity (Wildman–Crippen MR) is 79.6 cm³/mol. The molecule has 3 rings (SSSR count). The number of hydrogen-bond acceptors (Lipinski definition) is 6. The molecule has 0 saturated heterocycles. The van der Waals surface area contributed by atoms with Crippen molar-refractivity contribution in [2.24, 2.45) is 0 Å². The zero-order valence-electron chi connectivity index (χ0n) is 11.4. The summed E-state index contributed by atoms with van der Waals surface area (Å²) in [4.78, 5) is 12.4. The Bertz CT molecular complexity index is 670. The second-order valence-electron chi connectivity index (χ2n) is 4.44. The molecule has 0 atom stereocenters. The third-order valence-electron chi connectivity index (χ3n) is 2.89. The molecule has 0 aliphatic rings. The summed E-state index contributed by atoms with van der Waals surface area (Å²) < 4.78 is 5.26. The summed E-state index contributed by atoms with van der Waals surface area (Å²) in [6, 6.07) is 9.55. The highest BCUT2D eigenvalue weighted by Gasteiger charge is 2.00. The first-order valence-electron chi connectivity index (χ1n) is 6.61. The third-order valence-corrected chi connectivity index (χ3v) is 2.89. The lowest BCUT2D eigenvalue weighted by Crippen LogP contribution is -2.05. The van der Waals surface area contributed by atoms with Crippen molar-refractivity contribution in [3.8, 4) is 0 Å². The van der Waals surface area contributed by atoms with Crippen LogP contribution in [0.3, 0.4) is 0 Å². The van der Waals surface area contributed by atoms with Gasteiger partial charge in [0.1, 0.15) is 23.7 Å². The average Bonchev–Trinajstić information content (AvgIpc) is 3.06. The van der Waals surface area contributed by atoms with Gasteiger partial charge >= 0.3 is 0 Å². The Kier molecular flexibility index (Phi) is 4.07. The standard InChI is InChI=1S/C15H15N5O/c1-3-12(8-16-5-1)9-17-14-7-15(20-11-19-14)18-10-13-4-2-6-21-13/h1-8,11H,9-10H2,(H2,17,18,19,20). The molecule has 0 unspecified atom stereocenters. The molecule has 0 amide bonds. The lowest BCUT2D eigenvalue weighted by molar-refractivity contribution is 0.518. The Balaban J connectivity index is 1.58. The first kappa shape index (κ1) is 13.1. The Labute approximate surface area is 122 Å². The molecule has 0 bridgehead atoms. The Morgan fingerprint density at radius 2 is 1.86 bits per heavy atom. The Morgan fingerprint density at radius 1 is 1.00 bits per heavy atom. The van der Waals surface area contributed by atoms with E-state index in [2.05, 4.69) is 25.6 Å². The zero-order chi connectivity index (χ0) is 14.3. The number of anilines is 2. The van der Waals surface area contributed by atoms with Crippen LogP contribution in [0.25, 0.3) is 0 Å². The van der Waals surface area contributed by atoms with Crippen LogP contribution in [-0.2, 0) is 13.1 Å². The summed E-state index contributed by atoms with van der Waals surface area (Å²) >= 11 is 0. The lowest BCUT2D eigenvalue weighted by Gasteiger charge is -2.07. The molecule has 3 aromatic heterocycles. The molecule has 0 aromatic carbocycles. The van der Waals surface area contributed by atoms with Gasteiger partial charge < -0.3 is 15.1 Å². The molecular formula is C15H15N5O. The maximum absolute atomic E-state index is 5.26. The molecule has 0 radical (unpaired) electrons. The van der Waals surface area contributed by atoms with E-state index in [-0.39, 0.29) is 0 Å². The van der Waals surface area contributed by atoms with Crippen molar-refractivity contribution in [3.63, 3.8) is 0 Å². The number of furan rings is 1. The van der Waals surface area contributed by atoms with E-state index < -0.39 is 0 Å². The summed E-state index contributed by atoms with van der Waals surface area (Å²) in [7, 11) is 0. The summed E-state index contributed by atoms with van der Waals surface area (Å²) in [5.74, 6) is 2.37. The van der Waals surface area contributed by atoms with Gasteiger partial charge in [0.15, 0.2) is 0 Å². The van der Waals surface area contributed by atoms with Crippen molar-refractivity contribution in [2.75, 3.05) is 10.6 Å². The Morgan fingerprint density at radius 3 is 2.57 bits per heavy atom. The van der Waals surface area contributed by atoms with E-state index in [4.69, 9.17) is 4.42 Å². The van der Waals surface area contributed by atoms with Crippen LogP contribution in [0.2, 0.25) is 0 Å². The molecule has 2 N–H and O–H groups in total. The summed E-state index contributed by atoms with van der Waals surface area (Å²) in [6.07, 6.45) is 6.75. The molecule has 0 saturated carbocycles. The number of nitrogens with one attached hydrogen (secondary N) is 2. The fourth-order valence-corrected chi connectivity index (χ4v) is 1.84. The number of hydrogen-bond donors (Lipinski definition) is 2. The minimum absolute atomic E-state index is 0.589. The smallest absolute Gasteiger partial charge is 0.131 e. The van der Waals surface area contributed by atoms with Crippen LogP contribution in [0.5, 0.6) is 0 Å². The van der Waals surface area contributed by atoms with Crippen LogP contribution in [0.15, 0.2) is 59.7 Å². The molecule has 0 spiro atoms. The SMILES string of the molecule is c1cncc(CNc2cc(NCc3ccco3)ncn2)c1. The van der Waals surface area contributed by atoms with Crippen molar-refractivity contribution in [1.29, 1.82) is 0 Å². The van der Waals surface area contributed by atoms with Crippen molar-refractivity contribution in [3.05, 3.63) is 66.6 Å². The van der Waals surface area contributed by atoms with Crippen LogP contribution in [-0.4, -0.2) is 15.0 Å². The molecule has 6 nitrogen and oxygen atoms in total. The van der Waals surface area contributed by atoms with Gasteiger partial charge in [0.25, 0.3) is 0 Å². The van der Waals surface area contributed by atoms with Gasteiger partial charge in [0.2, 0.25) is 0 Å². The average molecular weight is 281 g/mol. The van der Waals surface area contributed by atoms with Crippen LogP contribution in [0, 0.1) is 0 Å². The second-order valence-corrected chi connectivity index (χ2v) is 4.44. The fraction of sp³-hybridized carbons (Fsp3) is 0.133. The van der Waals surface area contributed by atoms with Crippen LogP contribution < -0.4 is 10.6 Å². The topological polar surface area (TPSA) is 75.9 Å². The maximum atomic E-state index is 5.26. The van der Waals surface area contributed by atoms with Gasteiger partial charge in [-0.25, -0.2) is 9.97 Å².